The number of aliphatic carboxylic acids is 1. The van der Waals surface area contributed by atoms with Crippen molar-refractivity contribution in [3.63, 3.8) is 0 Å². The number of carbonyl (C=O) groups is 2. The van der Waals surface area contributed by atoms with Crippen LogP contribution in [-0.4, -0.2) is 56.1 Å². The first-order chi connectivity index (χ1) is 9.88. The van der Waals surface area contributed by atoms with Crippen molar-refractivity contribution in [3.8, 4) is 0 Å². The van der Waals surface area contributed by atoms with E-state index in [0.29, 0.717) is 25.1 Å². The summed E-state index contributed by atoms with van der Waals surface area (Å²) in [6, 6.07) is -1.57. The Morgan fingerprint density at radius 1 is 1.52 bits per heavy atom. The van der Waals surface area contributed by atoms with Crippen molar-refractivity contribution < 1.29 is 19.8 Å². The molecule has 8 nitrogen and oxygen atoms in total. The fourth-order valence-corrected chi connectivity index (χ4v) is 2.41. The van der Waals surface area contributed by atoms with Crippen molar-refractivity contribution in [1.29, 1.82) is 0 Å². The summed E-state index contributed by atoms with van der Waals surface area (Å²) in [7, 11) is 1.68. The van der Waals surface area contributed by atoms with Gasteiger partial charge in [-0.15, -0.1) is 0 Å². The summed E-state index contributed by atoms with van der Waals surface area (Å²) in [5.41, 5.74) is 0.420. The number of aromatic nitrogens is 2. The minimum atomic E-state index is -1.14. The number of carbonyl (C=O) groups excluding carboxylic acids is 1. The Labute approximate surface area is 122 Å². The number of piperidine rings is 1. The van der Waals surface area contributed by atoms with Crippen molar-refractivity contribution in [3.05, 3.63) is 18.0 Å². The van der Waals surface area contributed by atoms with Crippen LogP contribution in [0.3, 0.4) is 0 Å². The summed E-state index contributed by atoms with van der Waals surface area (Å²) in [6.45, 7) is 2.68. The van der Waals surface area contributed by atoms with Crippen LogP contribution in [0.5, 0.6) is 0 Å². The second-order valence-corrected chi connectivity index (χ2v) is 5.45. The summed E-state index contributed by atoms with van der Waals surface area (Å²) in [6.07, 6.45) is 3.06. The molecule has 0 radical (unpaired) electrons. The third kappa shape index (κ3) is 3.52. The zero-order valence-corrected chi connectivity index (χ0v) is 12.1. The average Bonchev–Trinajstić information content (AvgIpc) is 2.84. The Kier molecular flexibility index (Phi) is 4.46. The quantitative estimate of drug-likeness (QED) is 0.725. The predicted octanol–water partition coefficient (Wildman–Crippen LogP) is -0.0419. The van der Waals surface area contributed by atoms with E-state index in [1.165, 1.54) is 15.8 Å². The van der Waals surface area contributed by atoms with Crippen LogP contribution < -0.4 is 5.32 Å². The highest BCUT2D eigenvalue weighted by atomic mass is 16.4. The molecule has 3 N–H and O–H groups in total. The lowest BCUT2D eigenvalue weighted by molar-refractivity contribution is -0.139. The van der Waals surface area contributed by atoms with Gasteiger partial charge in [-0.3, -0.25) is 4.68 Å². The molecule has 0 aliphatic carbocycles. The highest BCUT2D eigenvalue weighted by Gasteiger charge is 2.30. The maximum absolute atomic E-state index is 12.2. The lowest BCUT2D eigenvalue weighted by Crippen LogP contribution is -2.50. The molecule has 3 unspecified atom stereocenters. The monoisotopic (exact) mass is 296 g/mol. The molecular weight excluding hydrogens is 276 g/mol. The van der Waals surface area contributed by atoms with Gasteiger partial charge < -0.3 is 20.4 Å². The zero-order valence-electron chi connectivity index (χ0n) is 12.1. The number of hydrogen-bond donors (Lipinski definition) is 3. The summed E-state index contributed by atoms with van der Waals surface area (Å²) in [4.78, 5) is 25.1. The molecule has 0 aromatic carbocycles. The molecule has 8 heteroatoms. The molecule has 1 aromatic rings. The number of amides is 2. The van der Waals surface area contributed by atoms with Crippen molar-refractivity contribution in [1.82, 2.24) is 20.0 Å². The van der Waals surface area contributed by atoms with Crippen molar-refractivity contribution in [2.45, 2.75) is 25.5 Å². The van der Waals surface area contributed by atoms with Crippen LogP contribution in [0, 0.1) is 5.92 Å². The Morgan fingerprint density at radius 3 is 2.76 bits per heavy atom. The van der Waals surface area contributed by atoms with Gasteiger partial charge in [0.2, 0.25) is 0 Å². The molecule has 2 amide bonds. The molecule has 0 spiro atoms. The number of aryl methyl sites for hydroxylation is 1. The molecule has 1 aliphatic heterocycles. The minimum Gasteiger partial charge on any atom is -0.479 e. The van der Waals surface area contributed by atoms with Crippen LogP contribution in [0.2, 0.25) is 0 Å². The van der Waals surface area contributed by atoms with Crippen LogP contribution in [0.4, 0.5) is 4.79 Å². The zero-order chi connectivity index (χ0) is 15.6. The van der Waals surface area contributed by atoms with Gasteiger partial charge in [0.1, 0.15) is 0 Å². The van der Waals surface area contributed by atoms with E-state index < -0.39 is 24.1 Å². The number of carboxylic acids is 1. The number of aliphatic hydroxyl groups excluding tert-OH is 1. The van der Waals surface area contributed by atoms with Gasteiger partial charge in [-0.1, -0.05) is 6.92 Å². The molecule has 1 aromatic heterocycles. The van der Waals surface area contributed by atoms with Gasteiger partial charge in [0, 0.05) is 31.9 Å². The second kappa shape index (κ2) is 6.13. The van der Waals surface area contributed by atoms with E-state index >= 15 is 0 Å². The van der Waals surface area contributed by atoms with Gasteiger partial charge in [0.05, 0.1) is 12.3 Å². The van der Waals surface area contributed by atoms with E-state index in [1.54, 1.807) is 13.2 Å². The molecule has 1 saturated heterocycles. The van der Waals surface area contributed by atoms with Crippen LogP contribution in [0.15, 0.2) is 12.4 Å². The van der Waals surface area contributed by atoms with E-state index in [2.05, 4.69) is 10.4 Å². The van der Waals surface area contributed by atoms with Gasteiger partial charge in [0.25, 0.3) is 0 Å². The number of rotatable bonds is 3. The molecule has 0 saturated carbocycles. The third-order valence-electron chi connectivity index (χ3n) is 3.72. The summed E-state index contributed by atoms with van der Waals surface area (Å²) < 4.78 is 1.48. The van der Waals surface area contributed by atoms with Crippen LogP contribution in [0.25, 0.3) is 0 Å². The molecule has 2 rings (SSSR count). The molecule has 3 atom stereocenters. The first kappa shape index (κ1) is 15.3. The maximum atomic E-state index is 12.2. The standard InChI is InChI=1S/C13H20N4O4/c1-8-6-17(4-3-10(8)18)13(21)15-11(12(19)20)9-5-14-16(2)7-9/h5,7-8,10-11,18H,3-4,6H2,1-2H3,(H,15,21)(H,19,20). The average molecular weight is 296 g/mol. The van der Waals surface area contributed by atoms with Crippen LogP contribution in [0.1, 0.15) is 24.9 Å². The van der Waals surface area contributed by atoms with E-state index in [9.17, 15) is 19.8 Å². The molecular formula is C13H20N4O4. The Hall–Kier alpha value is -2.09. The molecule has 116 valence electrons. The number of aliphatic hydroxyl groups is 1. The lowest BCUT2D eigenvalue weighted by atomic mass is 9.97. The van der Waals surface area contributed by atoms with E-state index in [1.807, 2.05) is 6.92 Å². The number of likely N-dealkylation sites (tertiary alicyclic amines) is 1. The Bertz CT molecular complexity index is 530. The summed E-state index contributed by atoms with van der Waals surface area (Å²) in [5, 5.41) is 25.4. The molecule has 2 heterocycles. The SMILES string of the molecule is CC1CN(C(=O)NC(C(=O)O)c2cnn(C)c2)CCC1O. The van der Waals surface area contributed by atoms with E-state index in [4.69, 9.17) is 0 Å². The molecule has 1 aliphatic rings. The highest BCUT2D eigenvalue weighted by Crippen LogP contribution is 2.18. The number of urea groups is 1. The van der Waals surface area contributed by atoms with Gasteiger partial charge in [-0.2, -0.15) is 5.10 Å². The molecule has 21 heavy (non-hydrogen) atoms. The fourth-order valence-electron chi connectivity index (χ4n) is 2.41. The summed E-state index contributed by atoms with van der Waals surface area (Å²) >= 11 is 0. The topological polar surface area (TPSA) is 108 Å². The number of nitrogens with zero attached hydrogens (tertiary/aromatic N) is 3. The maximum Gasteiger partial charge on any atom is 0.331 e. The first-order valence-electron chi connectivity index (χ1n) is 6.83. The second-order valence-electron chi connectivity index (χ2n) is 5.45. The third-order valence-corrected chi connectivity index (χ3v) is 3.72. The first-order valence-corrected chi connectivity index (χ1v) is 6.83. The number of nitrogens with one attached hydrogen (secondary N) is 1. The summed E-state index contributed by atoms with van der Waals surface area (Å²) in [5.74, 6) is -1.16. The van der Waals surface area contributed by atoms with Crippen molar-refractivity contribution in [2.75, 3.05) is 13.1 Å². The Morgan fingerprint density at radius 2 is 2.24 bits per heavy atom. The predicted molar refractivity (Wildman–Crippen MR) is 73.5 cm³/mol. The van der Waals surface area contributed by atoms with Gasteiger partial charge in [0.15, 0.2) is 6.04 Å². The Balaban J connectivity index is 2.04. The normalized spacial score (nSPS) is 23.7. The van der Waals surface area contributed by atoms with Gasteiger partial charge >= 0.3 is 12.0 Å². The van der Waals surface area contributed by atoms with Crippen LogP contribution in [-0.2, 0) is 11.8 Å². The fraction of sp³-hybridized carbons (Fsp3) is 0.615. The number of hydrogen-bond acceptors (Lipinski definition) is 4. The number of carboxylic acid groups (broad SMARTS) is 1. The minimum absolute atomic E-state index is 0.0221. The van der Waals surface area contributed by atoms with Crippen molar-refractivity contribution >= 4 is 12.0 Å². The molecule has 1 fully saturated rings. The van der Waals surface area contributed by atoms with E-state index in [0.717, 1.165) is 0 Å². The lowest BCUT2D eigenvalue weighted by Gasteiger charge is -2.34. The molecule has 0 bridgehead atoms. The highest BCUT2D eigenvalue weighted by molar-refractivity contribution is 5.83. The van der Waals surface area contributed by atoms with E-state index in [-0.39, 0.29) is 5.92 Å². The van der Waals surface area contributed by atoms with Crippen molar-refractivity contribution in [2.24, 2.45) is 13.0 Å². The van der Waals surface area contributed by atoms with Crippen LogP contribution >= 0.6 is 0 Å². The van der Waals surface area contributed by atoms with Gasteiger partial charge in [-0.25, -0.2) is 9.59 Å². The smallest absolute Gasteiger partial charge is 0.331 e. The van der Waals surface area contributed by atoms with Gasteiger partial charge in [-0.05, 0) is 12.3 Å². The largest absolute Gasteiger partial charge is 0.479 e.